The Bertz CT molecular complexity index is 680. The SMILES string of the molecule is C[C@H](NC(=O)NCCCOc1ccccc1F)c1ccccc1F. The van der Waals surface area contributed by atoms with Crippen LogP contribution in [0.2, 0.25) is 0 Å². The number of amides is 2. The van der Waals surface area contributed by atoms with Crippen LogP contribution in [-0.2, 0) is 0 Å². The van der Waals surface area contributed by atoms with E-state index in [1.807, 2.05) is 0 Å². The number of hydrogen-bond acceptors (Lipinski definition) is 2. The molecule has 2 rings (SSSR count). The van der Waals surface area contributed by atoms with Crippen LogP contribution < -0.4 is 15.4 Å². The highest BCUT2D eigenvalue weighted by molar-refractivity contribution is 5.74. The zero-order chi connectivity index (χ0) is 17.4. The van der Waals surface area contributed by atoms with Gasteiger partial charge in [0, 0.05) is 12.1 Å². The third-order valence-electron chi connectivity index (χ3n) is 3.42. The van der Waals surface area contributed by atoms with Crippen LogP contribution in [0.25, 0.3) is 0 Å². The predicted octanol–water partition coefficient (Wildman–Crippen LogP) is 3.79. The van der Waals surface area contributed by atoms with Crippen LogP contribution in [0.4, 0.5) is 13.6 Å². The molecule has 24 heavy (non-hydrogen) atoms. The average Bonchev–Trinajstić information content (AvgIpc) is 2.56. The van der Waals surface area contributed by atoms with Crippen LogP contribution in [0.1, 0.15) is 24.9 Å². The predicted molar refractivity (Wildman–Crippen MR) is 87.9 cm³/mol. The average molecular weight is 334 g/mol. The second-order valence-electron chi connectivity index (χ2n) is 5.28. The largest absolute Gasteiger partial charge is 0.490 e. The summed E-state index contributed by atoms with van der Waals surface area (Å²) in [7, 11) is 0. The second-order valence-corrected chi connectivity index (χ2v) is 5.28. The standard InChI is InChI=1S/C18H20F2N2O2/c1-13(14-7-2-3-8-15(14)19)22-18(23)21-11-6-12-24-17-10-5-4-9-16(17)20/h2-5,7-10,13H,6,11-12H2,1H3,(H2,21,22,23)/t13-/m0/s1. The Hall–Kier alpha value is -2.63. The summed E-state index contributed by atoms with van der Waals surface area (Å²) >= 11 is 0. The molecule has 2 aromatic rings. The van der Waals surface area contributed by atoms with Crippen molar-refractivity contribution in [1.29, 1.82) is 0 Å². The molecule has 2 aromatic carbocycles. The summed E-state index contributed by atoms with van der Waals surface area (Å²) in [5.74, 6) is -0.583. The Morgan fingerprint density at radius 3 is 2.46 bits per heavy atom. The van der Waals surface area contributed by atoms with E-state index in [4.69, 9.17) is 4.74 Å². The van der Waals surface area contributed by atoms with Gasteiger partial charge in [-0.25, -0.2) is 13.6 Å². The van der Waals surface area contributed by atoms with Crippen LogP contribution in [0.5, 0.6) is 5.75 Å². The van der Waals surface area contributed by atoms with Gasteiger partial charge in [-0.3, -0.25) is 0 Å². The van der Waals surface area contributed by atoms with Crippen LogP contribution in [0, 0.1) is 11.6 Å². The van der Waals surface area contributed by atoms with Crippen molar-refractivity contribution in [3.05, 3.63) is 65.7 Å². The lowest BCUT2D eigenvalue weighted by atomic mass is 10.1. The third-order valence-corrected chi connectivity index (χ3v) is 3.42. The maximum atomic E-state index is 13.6. The molecular weight excluding hydrogens is 314 g/mol. The summed E-state index contributed by atoms with van der Waals surface area (Å²) < 4.78 is 32.2. The van der Waals surface area contributed by atoms with E-state index in [0.717, 1.165) is 0 Å². The number of rotatable bonds is 7. The van der Waals surface area contributed by atoms with Gasteiger partial charge in [0.05, 0.1) is 12.6 Å². The van der Waals surface area contributed by atoms with E-state index in [9.17, 15) is 13.6 Å². The first-order chi connectivity index (χ1) is 11.6. The van der Waals surface area contributed by atoms with Gasteiger partial charge in [0.1, 0.15) is 5.82 Å². The van der Waals surface area contributed by atoms with E-state index < -0.39 is 17.9 Å². The van der Waals surface area contributed by atoms with Crippen molar-refractivity contribution in [3.8, 4) is 5.75 Å². The number of benzene rings is 2. The van der Waals surface area contributed by atoms with E-state index in [2.05, 4.69) is 10.6 Å². The molecule has 6 heteroatoms. The zero-order valence-corrected chi connectivity index (χ0v) is 13.4. The minimum atomic E-state index is -0.444. The maximum absolute atomic E-state index is 13.6. The number of halogens is 2. The summed E-state index contributed by atoms with van der Waals surface area (Å²) in [6, 6.07) is 11.6. The minimum Gasteiger partial charge on any atom is -0.490 e. The number of carbonyl (C=O) groups is 1. The Balaban J connectivity index is 1.67. The molecule has 0 heterocycles. The molecule has 0 spiro atoms. The van der Waals surface area contributed by atoms with E-state index in [-0.39, 0.29) is 18.2 Å². The van der Waals surface area contributed by atoms with Gasteiger partial charge in [-0.2, -0.15) is 0 Å². The molecular formula is C18H20F2N2O2. The smallest absolute Gasteiger partial charge is 0.315 e. The molecule has 0 aliphatic heterocycles. The summed E-state index contributed by atoms with van der Waals surface area (Å²) in [5.41, 5.74) is 0.426. The van der Waals surface area contributed by atoms with Crippen molar-refractivity contribution in [2.75, 3.05) is 13.2 Å². The summed E-state index contributed by atoms with van der Waals surface area (Å²) in [6.45, 7) is 2.35. The molecule has 0 aliphatic carbocycles. The van der Waals surface area contributed by atoms with E-state index >= 15 is 0 Å². The summed E-state index contributed by atoms with van der Waals surface area (Å²) in [6.07, 6.45) is 0.524. The zero-order valence-electron chi connectivity index (χ0n) is 13.4. The minimum absolute atomic E-state index is 0.190. The van der Waals surface area contributed by atoms with Crippen molar-refractivity contribution in [2.45, 2.75) is 19.4 Å². The van der Waals surface area contributed by atoms with Crippen molar-refractivity contribution >= 4 is 6.03 Å². The second kappa shape index (κ2) is 8.86. The first-order valence-corrected chi connectivity index (χ1v) is 7.74. The van der Waals surface area contributed by atoms with Crippen LogP contribution >= 0.6 is 0 Å². The molecule has 2 N–H and O–H groups in total. The van der Waals surface area contributed by atoms with Gasteiger partial charge in [0.25, 0.3) is 0 Å². The van der Waals surface area contributed by atoms with Gasteiger partial charge in [-0.1, -0.05) is 30.3 Å². The molecule has 0 radical (unpaired) electrons. The van der Waals surface area contributed by atoms with Crippen molar-refractivity contribution < 1.29 is 18.3 Å². The first-order valence-electron chi connectivity index (χ1n) is 7.74. The Morgan fingerprint density at radius 2 is 1.75 bits per heavy atom. The highest BCUT2D eigenvalue weighted by Gasteiger charge is 2.12. The van der Waals surface area contributed by atoms with Crippen LogP contribution in [0.3, 0.4) is 0 Å². The number of para-hydroxylation sites is 1. The number of carbonyl (C=O) groups excluding carboxylic acids is 1. The first kappa shape index (κ1) is 17.7. The van der Waals surface area contributed by atoms with Crippen molar-refractivity contribution in [1.82, 2.24) is 10.6 Å². The van der Waals surface area contributed by atoms with Gasteiger partial charge in [0.15, 0.2) is 11.6 Å². The lowest BCUT2D eigenvalue weighted by Gasteiger charge is -2.15. The fraction of sp³-hybridized carbons (Fsp3) is 0.278. The van der Waals surface area contributed by atoms with Crippen LogP contribution in [-0.4, -0.2) is 19.2 Å². The lowest BCUT2D eigenvalue weighted by Crippen LogP contribution is -2.38. The fourth-order valence-electron chi connectivity index (χ4n) is 2.17. The number of ether oxygens (including phenoxy) is 1. The molecule has 0 aliphatic rings. The Morgan fingerprint density at radius 1 is 1.08 bits per heavy atom. The van der Waals surface area contributed by atoms with E-state index in [1.54, 1.807) is 43.3 Å². The number of urea groups is 1. The summed E-state index contributed by atoms with van der Waals surface area (Å²) in [5, 5.41) is 5.32. The monoisotopic (exact) mass is 334 g/mol. The van der Waals surface area contributed by atoms with Gasteiger partial charge < -0.3 is 15.4 Å². The number of hydrogen-bond donors (Lipinski definition) is 2. The normalized spacial score (nSPS) is 11.6. The molecule has 0 saturated carbocycles. The quantitative estimate of drug-likeness (QED) is 0.757. The van der Waals surface area contributed by atoms with Gasteiger partial charge in [-0.15, -0.1) is 0 Å². The molecule has 128 valence electrons. The van der Waals surface area contributed by atoms with Gasteiger partial charge >= 0.3 is 6.03 Å². The van der Waals surface area contributed by atoms with Gasteiger partial charge in [0.2, 0.25) is 0 Å². The Kier molecular flexibility index (Phi) is 6.54. The van der Waals surface area contributed by atoms with Gasteiger partial charge in [-0.05, 0) is 31.5 Å². The van der Waals surface area contributed by atoms with Crippen molar-refractivity contribution in [2.24, 2.45) is 0 Å². The topological polar surface area (TPSA) is 50.4 Å². The molecule has 0 bridgehead atoms. The summed E-state index contributed by atoms with van der Waals surface area (Å²) in [4.78, 5) is 11.8. The highest BCUT2D eigenvalue weighted by Crippen LogP contribution is 2.16. The molecule has 0 unspecified atom stereocenters. The molecule has 0 fully saturated rings. The number of nitrogens with one attached hydrogen (secondary N) is 2. The maximum Gasteiger partial charge on any atom is 0.315 e. The third kappa shape index (κ3) is 5.22. The Labute approximate surface area is 139 Å². The van der Waals surface area contributed by atoms with Crippen LogP contribution in [0.15, 0.2) is 48.5 Å². The molecule has 2 amide bonds. The molecule has 4 nitrogen and oxygen atoms in total. The molecule has 0 saturated heterocycles. The highest BCUT2D eigenvalue weighted by atomic mass is 19.1. The molecule has 0 aromatic heterocycles. The van der Waals surface area contributed by atoms with E-state index in [0.29, 0.717) is 18.5 Å². The van der Waals surface area contributed by atoms with Crippen molar-refractivity contribution in [3.63, 3.8) is 0 Å². The lowest BCUT2D eigenvalue weighted by molar-refractivity contribution is 0.235. The van der Waals surface area contributed by atoms with E-state index in [1.165, 1.54) is 12.1 Å². The fourth-order valence-corrected chi connectivity index (χ4v) is 2.17. The molecule has 1 atom stereocenters.